The van der Waals surface area contributed by atoms with E-state index in [1.54, 1.807) is 0 Å². The molecule has 0 aromatic rings. The summed E-state index contributed by atoms with van der Waals surface area (Å²) in [4.78, 5) is 11.6. The van der Waals surface area contributed by atoms with Gasteiger partial charge in [-0.2, -0.15) is 0 Å². The molecule has 0 radical (unpaired) electrons. The highest BCUT2D eigenvalue weighted by atomic mass is 16.5. The molecule has 80 valence electrons. The second-order valence-electron chi connectivity index (χ2n) is 3.67. The molecule has 1 unspecified atom stereocenters. The smallest absolute Gasteiger partial charge is 0.210 e. The Kier molecular flexibility index (Phi) is 4.66. The van der Waals surface area contributed by atoms with Crippen molar-refractivity contribution < 1.29 is 9.53 Å². The Morgan fingerprint density at radius 2 is 2.50 bits per heavy atom. The van der Waals surface area contributed by atoms with Gasteiger partial charge in [0.15, 0.2) is 5.76 Å². The van der Waals surface area contributed by atoms with Crippen LogP contribution in [0.4, 0.5) is 0 Å². The van der Waals surface area contributed by atoms with Crippen LogP contribution in [0.2, 0.25) is 0 Å². The molecule has 1 heterocycles. The Morgan fingerprint density at radius 3 is 3.07 bits per heavy atom. The third-order valence-corrected chi connectivity index (χ3v) is 2.43. The van der Waals surface area contributed by atoms with Crippen molar-refractivity contribution in [3.05, 3.63) is 11.8 Å². The first kappa shape index (κ1) is 11.2. The number of Topliss-reactive ketones (excluding diaryl/α,β-unsaturated/α-hetero) is 1. The maximum Gasteiger partial charge on any atom is 0.210 e. The highest BCUT2D eigenvalue weighted by Gasteiger charge is 2.13. The minimum atomic E-state index is 0.0741. The first-order valence-electron chi connectivity index (χ1n) is 5.33. The second kappa shape index (κ2) is 5.81. The molecule has 0 aromatic carbocycles. The third-order valence-electron chi connectivity index (χ3n) is 2.43. The van der Waals surface area contributed by atoms with E-state index in [2.05, 4.69) is 19.2 Å². The number of hydrogen-bond donors (Lipinski definition) is 1. The summed E-state index contributed by atoms with van der Waals surface area (Å²) in [6, 6.07) is 0.392. The van der Waals surface area contributed by atoms with Crippen molar-refractivity contribution in [1.29, 1.82) is 0 Å². The van der Waals surface area contributed by atoms with Gasteiger partial charge in [-0.1, -0.05) is 6.92 Å². The number of ketones is 1. The maximum absolute atomic E-state index is 11.6. The van der Waals surface area contributed by atoms with E-state index in [4.69, 9.17) is 4.74 Å². The summed E-state index contributed by atoms with van der Waals surface area (Å²) < 4.78 is 5.28. The van der Waals surface area contributed by atoms with Crippen molar-refractivity contribution in [2.45, 2.75) is 39.2 Å². The van der Waals surface area contributed by atoms with Crippen LogP contribution in [0.1, 0.15) is 33.1 Å². The third kappa shape index (κ3) is 3.50. The van der Waals surface area contributed by atoms with Crippen LogP contribution in [-0.4, -0.2) is 25.0 Å². The van der Waals surface area contributed by atoms with E-state index in [0.717, 1.165) is 19.3 Å². The van der Waals surface area contributed by atoms with Gasteiger partial charge < -0.3 is 10.1 Å². The SMILES string of the molecule is CCC(C)NCC(=O)C1=CCCCO1. The molecule has 1 aliphatic heterocycles. The van der Waals surface area contributed by atoms with Gasteiger partial charge in [0, 0.05) is 6.04 Å². The van der Waals surface area contributed by atoms with Gasteiger partial charge in [-0.25, -0.2) is 0 Å². The van der Waals surface area contributed by atoms with Crippen LogP contribution in [-0.2, 0) is 9.53 Å². The molecule has 1 rings (SSSR count). The normalized spacial score (nSPS) is 18.3. The van der Waals surface area contributed by atoms with Crippen LogP contribution in [0.15, 0.2) is 11.8 Å². The molecule has 0 aliphatic carbocycles. The van der Waals surface area contributed by atoms with Crippen LogP contribution in [0.5, 0.6) is 0 Å². The van der Waals surface area contributed by atoms with E-state index in [-0.39, 0.29) is 5.78 Å². The van der Waals surface area contributed by atoms with Crippen molar-refractivity contribution in [3.8, 4) is 0 Å². The van der Waals surface area contributed by atoms with Gasteiger partial charge in [0.2, 0.25) is 5.78 Å². The molecule has 0 saturated carbocycles. The van der Waals surface area contributed by atoms with Gasteiger partial charge in [0.05, 0.1) is 13.2 Å². The first-order chi connectivity index (χ1) is 6.74. The van der Waals surface area contributed by atoms with E-state index in [9.17, 15) is 4.79 Å². The number of allylic oxidation sites excluding steroid dienone is 1. The number of carbonyl (C=O) groups is 1. The molecular weight excluding hydrogens is 178 g/mol. The summed E-state index contributed by atoms with van der Waals surface area (Å²) in [6.45, 7) is 5.24. The minimum absolute atomic E-state index is 0.0741. The van der Waals surface area contributed by atoms with Gasteiger partial charge in [-0.15, -0.1) is 0 Å². The fraction of sp³-hybridized carbons (Fsp3) is 0.727. The average molecular weight is 197 g/mol. The molecule has 14 heavy (non-hydrogen) atoms. The lowest BCUT2D eigenvalue weighted by atomic mass is 10.2. The summed E-state index contributed by atoms with van der Waals surface area (Å²) >= 11 is 0. The predicted octanol–water partition coefficient (Wildman–Crippen LogP) is 1.64. The zero-order chi connectivity index (χ0) is 10.4. The Balaban J connectivity index is 2.30. The van der Waals surface area contributed by atoms with Crippen LogP contribution in [0.25, 0.3) is 0 Å². The van der Waals surface area contributed by atoms with Gasteiger partial charge in [-0.3, -0.25) is 4.79 Å². The summed E-state index contributed by atoms with van der Waals surface area (Å²) in [5.74, 6) is 0.622. The summed E-state index contributed by atoms with van der Waals surface area (Å²) in [7, 11) is 0. The Labute approximate surface area is 85.5 Å². The number of hydrogen-bond acceptors (Lipinski definition) is 3. The molecule has 0 aromatic heterocycles. The fourth-order valence-electron chi connectivity index (χ4n) is 1.25. The summed E-state index contributed by atoms with van der Waals surface area (Å²) in [5.41, 5.74) is 0. The van der Waals surface area contributed by atoms with Crippen molar-refractivity contribution in [1.82, 2.24) is 5.32 Å². The number of ether oxygens (including phenoxy) is 1. The van der Waals surface area contributed by atoms with E-state index in [0.29, 0.717) is 25.0 Å². The zero-order valence-corrected chi connectivity index (χ0v) is 9.01. The molecule has 1 atom stereocenters. The number of nitrogens with one attached hydrogen (secondary N) is 1. The van der Waals surface area contributed by atoms with Gasteiger partial charge in [0.25, 0.3) is 0 Å². The molecule has 3 nitrogen and oxygen atoms in total. The molecular formula is C11H19NO2. The highest BCUT2D eigenvalue weighted by molar-refractivity contribution is 5.95. The Hall–Kier alpha value is -0.830. The second-order valence-corrected chi connectivity index (χ2v) is 3.67. The van der Waals surface area contributed by atoms with E-state index < -0.39 is 0 Å². The summed E-state index contributed by atoms with van der Waals surface area (Å²) in [5, 5.41) is 3.16. The minimum Gasteiger partial charge on any atom is -0.490 e. The highest BCUT2D eigenvalue weighted by Crippen LogP contribution is 2.10. The Bertz CT molecular complexity index is 223. The van der Waals surface area contributed by atoms with E-state index in [1.165, 1.54) is 0 Å². The van der Waals surface area contributed by atoms with Gasteiger partial charge in [0.1, 0.15) is 0 Å². The summed E-state index contributed by atoms with van der Waals surface area (Å²) in [6.07, 6.45) is 4.91. The van der Waals surface area contributed by atoms with Crippen LogP contribution < -0.4 is 5.32 Å². The standard InChI is InChI=1S/C11H19NO2/c1-3-9(2)12-8-10(13)11-6-4-5-7-14-11/h6,9,12H,3-5,7-8H2,1-2H3. The molecule has 0 saturated heterocycles. The number of carbonyl (C=O) groups excluding carboxylic acids is 1. The molecule has 0 amide bonds. The largest absolute Gasteiger partial charge is 0.490 e. The van der Waals surface area contributed by atoms with E-state index in [1.807, 2.05) is 6.08 Å². The lowest BCUT2D eigenvalue weighted by Gasteiger charge is -2.15. The van der Waals surface area contributed by atoms with E-state index >= 15 is 0 Å². The molecule has 0 bridgehead atoms. The Morgan fingerprint density at radius 1 is 1.71 bits per heavy atom. The van der Waals surface area contributed by atoms with Crippen molar-refractivity contribution in [2.24, 2.45) is 0 Å². The van der Waals surface area contributed by atoms with Crippen LogP contribution >= 0.6 is 0 Å². The van der Waals surface area contributed by atoms with Crippen molar-refractivity contribution >= 4 is 5.78 Å². The fourth-order valence-corrected chi connectivity index (χ4v) is 1.25. The average Bonchev–Trinajstić information content (AvgIpc) is 2.26. The quantitative estimate of drug-likeness (QED) is 0.728. The van der Waals surface area contributed by atoms with Crippen molar-refractivity contribution in [3.63, 3.8) is 0 Å². The lowest BCUT2D eigenvalue weighted by Crippen LogP contribution is -2.32. The zero-order valence-electron chi connectivity index (χ0n) is 9.01. The molecule has 3 heteroatoms. The molecule has 0 spiro atoms. The topological polar surface area (TPSA) is 38.3 Å². The number of rotatable bonds is 5. The van der Waals surface area contributed by atoms with Crippen LogP contribution in [0.3, 0.4) is 0 Å². The first-order valence-corrected chi connectivity index (χ1v) is 5.33. The molecule has 0 fully saturated rings. The van der Waals surface area contributed by atoms with Crippen molar-refractivity contribution in [2.75, 3.05) is 13.2 Å². The predicted molar refractivity (Wildman–Crippen MR) is 56.0 cm³/mol. The monoisotopic (exact) mass is 197 g/mol. The maximum atomic E-state index is 11.6. The molecule has 1 N–H and O–H groups in total. The van der Waals surface area contributed by atoms with Gasteiger partial charge in [-0.05, 0) is 32.3 Å². The molecule has 1 aliphatic rings. The lowest BCUT2D eigenvalue weighted by molar-refractivity contribution is -0.118. The van der Waals surface area contributed by atoms with Crippen LogP contribution in [0, 0.1) is 0 Å². The van der Waals surface area contributed by atoms with Gasteiger partial charge >= 0.3 is 0 Å².